The molecule has 0 aliphatic heterocycles. The third-order valence-electron chi connectivity index (χ3n) is 4.23. The van der Waals surface area contributed by atoms with Gasteiger partial charge < -0.3 is 5.32 Å². The van der Waals surface area contributed by atoms with Gasteiger partial charge in [0.15, 0.2) is 0 Å². The van der Waals surface area contributed by atoms with Crippen LogP contribution in [0.5, 0.6) is 0 Å². The van der Waals surface area contributed by atoms with Crippen LogP contribution in [0.1, 0.15) is 32.6 Å². The van der Waals surface area contributed by atoms with Crippen LogP contribution in [0.4, 0.5) is 0 Å². The van der Waals surface area contributed by atoms with E-state index in [0.717, 1.165) is 19.3 Å². The highest BCUT2D eigenvalue weighted by atomic mass is 35.5. The highest BCUT2D eigenvalue weighted by molar-refractivity contribution is 7.85. The summed E-state index contributed by atoms with van der Waals surface area (Å²) in [4.78, 5) is 0.668. The van der Waals surface area contributed by atoms with Gasteiger partial charge in [0.05, 0.1) is 26.0 Å². The van der Waals surface area contributed by atoms with E-state index in [1.807, 2.05) is 7.05 Å². The van der Waals surface area contributed by atoms with Crippen molar-refractivity contribution in [3.8, 4) is 0 Å². The van der Waals surface area contributed by atoms with Crippen LogP contribution in [0, 0.1) is 5.92 Å². The summed E-state index contributed by atoms with van der Waals surface area (Å²) >= 11 is 12.2. The Morgan fingerprint density at radius 1 is 1.35 bits per heavy atom. The molecular weight excluding hydrogens is 313 g/mol. The van der Waals surface area contributed by atoms with Crippen LogP contribution in [-0.4, -0.2) is 22.5 Å². The van der Waals surface area contributed by atoms with Crippen molar-refractivity contribution < 1.29 is 4.21 Å². The van der Waals surface area contributed by atoms with Crippen molar-refractivity contribution >= 4 is 34.0 Å². The van der Waals surface area contributed by atoms with Gasteiger partial charge in [0.25, 0.3) is 0 Å². The van der Waals surface area contributed by atoms with Crippen molar-refractivity contribution in [1.82, 2.24) is 5.32 Å². The van der Waals surface area contributed by atoms with Crippen molar-refractivity contribution in [3.63, 3.8) is 0 Å². The van der Waals surface area contributed by atoms with Gasteiger partial charge in [-0.05, 0) is 50.4 Å². The third kappa shape index (κ3) is 3.56. The first-order valence-electron chi connectivity index (χ1n) is 7.09. The Hall–Kier alpha value is -0.0900. The molecule has 1 aromatic rings. The summed E-state index contributed by atoms with van der Waals surface area (Å²) in [6.07, 6.45) is 4.41. The van der Waals surface area contributed by atoms with Crippen LogP contribution in [0.2, 0.25) is 10.0 Å². The fourth-order valence-corrected chi connectivity index (χ4v) is 5.37. The normalized spacial score (nSPS) is 28.3. The van der Waals surface area contributed by atoms with Gasteiger partial charge in [-0.2, -0.15) is 0 Å². The molecule has 20 heavy (non-hydrogen) atoms. The number of nitrogens with one attached hydrogen (secondary N) is 1. The van der Waals surface area contributed by atoms with E-state index < -0.39 is 10.8 Å². The summed E-state index contributed by atoms with van der Waals surface area (Å²) in [5, 5.41) is 4.55. The molecule has 0 radical (unpaired) electrons. The summed E-state index contributed by atoms with van der Waals surface area (Å²) in [5.41, 5.74) is 0. The van der Waals surface area contributed by atoms with E-state index in [9.17, 15) is 4.21 Å². The molecule has 1 fully saturated rings. The molecule has 1 aromatic carbocycles. The molecule has 0 aromatic heterocycles. The fourth-order valence-electron chi connectivity index (χ4n) is 2.94. The molecular formula is C15H21Cl2NOS. The smallest absolute Gasteiger partial charge is 0.0592 e. The summed E-state index contributed by atoms with van der Waals surface area (Å²) < 4.78 is 12.9. The minimum Gasteiger partial charge on any atom is -0.316 e. The summed E-state index contributed by atoms with van der Waals surface area (Å²) in [7, 11) is 0.822. The molecule has 1 saturated carbocycles. The van der Waals surface area contributed by atoms with E-state index in [1.165, 1.54) is 6.42 Å². The Kier molecular flexibility index (Phi) is 5.91. The van der Waals surface area contributed by atoms with Crippen molar-refractivity contribution in [2.75, 3.05) is 7.05 Å². The Labute approximate surface area is 133 Å². The highest BCUT2D eigenvalue weighted by Gasteiger charge is 2.34. The zero-order chi connectivity index (χ0) is 14.7. The van der Waals surface area contributed by atoms with Crippen LogP contribution in [0.25, 0.3) is 0 Å². The van der Waals surface area contributed by atoms with E-state index in [4.69, 9.17) is 23.2 Å². The minimum absolute atomic E-state index is 0.106. The predicted molar refractivity (Wildman–Crippen MR) is 87.1 cm³/mol. The SMILES string of the molecule is CCC1CCC(NC)C(S(=O)c2cc(Cl)ccc2Cl)C1. The number of hydrogen-bond acceptors (Lipinski definition) is 2. The van der Waals surface area contributed by atoms with Crippen LogP contribution in [0.3, 0.4) is 0 Å². The average Bonchev–Trinajstić information content (AvgIpc) is 2.48. The highest BCUT2D eigenvalue weighted by Crippen LogP contribution is 2.34. The Balaban J connectivity index is 2.26. The van der Waals surface area contributed by atoms with Gasteiger partial charge in [0, 0.05) is 11.1 Å². The van der Waals surface area contributed by atoms with E-state index >= 15 is 0 Å². The molecule has 0 heterocycles. The van der Waals surface area contributed by atoms with E-state index in [2.05, 4.69) is 12.2 Å². The minimum atomic E-state index is -1.12. The van der Waals surface area contributed by atoms with Gasteiger partial charge in [0.2, 0.25) is 0 Å². The molecule has 4 atom stereocenters. The molecule has 5 heteroatoms. The lowest BCUT2D eigenvalue weighted by Crippen LogP contribution is -2.44. The van der Waals surface area contributed by atoms with Gasteiger partial charge in [-0.1, -0.05) is 36.5 Å². The molecule has 0 bridgehead atoms. The zero-order valence-corrected chi connectivity index (χ0v) is 14.2. The summed E-state index contributed by atoms with van der Waals surface area (Å²) in [5.74, 6) is 0.659. The van der Waals surface area contributed by atoms with Gasteiger partial charge in [-0.3, -0.25) is 4.21 Å². The summed E-state index contributed by atoms with van der Waals surface area (Å²) in [6.45, 7) is 2.21. The standard InChI is InChI=1S/C15H21Cl2NOS/c1-3-10-4-7-13(18-2)15(8-10)20(19)14-9-11(16)5-6-12(14)17/h5-6,9-10,13,15,18H,3-4,7-8H2,1-2H3. The topological polar surface area (TPSA) is 29.1 Å². The van der Waals surface area contributed by atoms with E-state index in [1.54, 1.807) is 18.2 Å². The van der Waals surface area contributed by atoms with Crippen LogP contribution >= 0.6 is 23.2 Å². The lowest BCUT2D eigenvalue weighted by atomic mass is 9.84. The maximum Gasteiger partial charge on any atom is 0.0592 e. The Morgan fingerprint density at radius 2 is 2.10 bits per heavy atom. The first-order chi connectivity index (χ1) is 9.56. The van der Waals surface area contributed by atoms with Crippen LogP contribution in [0.15, 0.2) is 23.1 Å². The molecule has 2 nitrogen and oxygen atoms in total. The molecule has 0 spiro atoms. The predicted octanol–water partition coefficient (Wildman–Crippen LogP) is 4.27. The molecule has 1 N–H and O–H groups in total. The lowest BCUT2D eigenvalue weighted by Gasteiger charge is -2.35. The second-order valence-electron chi connectivity index (χ2n) is 5.39. The third-order valence-corrected chi connectivity index (χ3v) is 6.75. The fraction of sp³-hybridized carbons (Fsp3) is 0.600. The monoisotopic (exact) mass is 333 g/mol. The molecule has 0 saturated heterocycles. The van der Waals surface area contributed by atoms with Gasteiger partial charge in [0.1, 0.15) is 0 Å². The van der Waals surface area contributed by atoms with Gasteiger partial charge in [-0.25, -0.2) is 0 Å². The Bertz CT molecular complexity index is 495. The molecule has 4 unspecified atom stereocenters. The van der Waals surface area contributed by atoms with Crippen molar-refractivity contribution in [1.29, 1.82) is 0 Å². The van der Waals surface area contributed by atoms with E-state index in [0.29, 0.717) is 20.9 Å². The first kappa shape index (κ1) is 16.3. The summed E-state index contributed by atoms with van der Waals surface area (Å²) in [6, 6.07) is 5.48. The second-order valence-corrected chi connectivity index (χ2v) is 7.88. The number of benzene rings is 1. The van der Waals surface area contributed by atoms with Gasteiger partial charge >= 0.3 is 0 Å². The van der Waals surface area contributed by atoms with Crippen molar-refractivity contribution in [2.24, 2.45) is 5.92 Å². The van der Waals surface area contributed by atoms with Crippen molar-refractivity contribution in [3.05, 3.63) is 28.2 Å². The van der Waals surface area contributed by atoms with Crippen LogP contribution in [-0.2, 0) is 10.8 Å². The zero-order valence-electron chi connectivity index (χ0n) is 11.9. The molecule has 2 rings (SSSR count). The molecule has 1 aliphatic rings. The van der Waals surface area contributed by atoms with E-state index in [-0.39, 0.29) is 11.3 Å². The molecule has 0 amide bonds. The molecule has 1 aliphatic carbocycles. The largest absolute Gasteiger partial charge is 0.316 e. The lowest BCUT2D eigenvalue weighted by molar-refractivity contribution is 0.301. The van der Waals surface area contributed by atoms with Crippen molar-refractivity contribution in [2.45, 2.75) is 48.8 Å². The number of halogens is 2. The average molecular weight is 334 g/mol. The van der Waals surface area contributed by atoms with Crippen LogP contribution < -0.4 is 5.32 Å². The number of rotatable bonds is 4. The number of hydrogen-bond donors (Lipinski definition) is 1. The first-order valence-corrected chi connectivity index (χ1v) is 9.06. The Morgan fingerprint density at radius 3 is 2.75 bits per heavy atom. The second kappa shape index (κ2) is 7.26. The quantitative estimate of drug-likeness (QED) is 0.891. The van der Waals surface area contributed by atoms with Gasteiger partial charge in [-0.15, -0.1) is 0 Å². The molecule has 112 valence electrons. The maximum absolute atomic E-state index is 12.9. The maximum atomic E-state index is 12.9.